The number of amidine groups is 1. The molecular weight excluding hydrogens is 222 g/mol. The lowest BCUT2D eigenvalue weighted by Crippen LogP contribution is -2.12. The minimum absolute atomic E-state index is 0.0220. The van der Waals surface area contributed by atoms with Gasteiger partial charge in [0.1, 0.15) is 10.9 Å². The number of hydrogen-bond acceptors (Lipinski definition) is 5. The summed E-state index contributed by atoms with van der Waals surface area (Å²) in [5, 5.41) is 8.19. The Morgan fingerprint density at radius 2 is 2.00 bits per heavy atom. The first kappa shape index (κ1) is 10.6. The van der Waals surface area contributed by atoms with Gasteiger partial charge in [-0.15, -0.1) is 0 Å². The summed E-state index contributed by atoms with van der Waals surface area (Å²) in [4.78, 5) is 12.9. The fourth-order valence-corrected chi connectivity index (χ4v) is 1.99. The number of pyridine rings is 1. The van der Waals surface area contributed by atoms with Crippen LogP contribution in [0, 0.1) is 5.41 Å². The van der Waals surface area contributed by atoms with E-state index in [1.165, 1.54) is 11.8 Å². The molecule has 0 spiro atoms. The third-order valence-corrected chi connectivity index (χ3v) is 2.79. The van der Waals surface area contributed by atoms with E-state index in [1.807, 2.05) is 0 Å². The average molecular weight is 231 g/mol. The van der Waals surface area contributed by atoms with Crippen molar-refractivity contribution in [2.24, 2.45) is 5.73 Å². The number of hydrogen-bond donors (Lipinski definition) is 2. The van der Waals surface area contributed by atoms with Gasteiger partial charge in [0.05, 0.1) is 6.20 Å². The van der Waals surface area contributed by atoms with E-state index < -0.39 is 0 Å². The van der Waals surface area contributed by atoms with Gasteiger partial charge < -0.3 is 5.73 Å². The molecule has 0 amide bonds. The molecule has 0 radical (unpaired) electrons. The highest BCUT2D eigenvalue weighted by atomic mass is 32.2. The number of nitrogens with zero attached hydrogens (tertiary/aromatic N) is 3. The number of aromatic nitrogens is 3. The topological polar surface area (TPSA) is 88.5 Å². The zero-order chi connectivity index (χ0) is 11.4. The Kier molecular flexibility index (Phi) is 3.11. The summed E-state index contributed by atoms with van der Waals surface area (Å²) < 4.78 is 0. The van der Waals surface area contributed by atoms with E-state index in [0.717, 1.165) is 9.92 Å². The third kappa shape index (κ3) is 2.34. The maximum atomic E-state index is 7.44. The molecule has 2 aromatic heterocycles. The van der Waals surface area contributed by atoms with Crippen molar-refractivity contribution in [3.05, 3.63) is 42.6 Å². The van der Waals surface area contributed by atoms with Gasteiger partial charge in [-0.3, -0.25) is 15.4 Å². The standard InChI is InChI=1S/C10H9N5S/c11-10(12)7-1-2-13-5-8(7)16-9-6-14-3-4-15-9/h1-6H,(H3,11,12). The second kappa shape index (κ2) is 4.71. The molecule has 5 nitrogen and oxygen atoms in total. The maximum Gasteiger partial charge on any atom is 0.124 e. The Balaban J connectivity index is 2.31. The molecule has 16 heavy (non-hydrogen) atoms. The van der Waals surface area contributed by atoms with Crippen LogP contribution in [0.5, 0.6) is 0 Å². The molecule has 80 valence electrons. The first-order valence-corrected chi connectivity index (χ1v) is 5.31. The Morgan fingerprint density at radius 3 is 2.69 bits per heavy atom. The highest BCUT2D eigenvalue weighted by molar-refractivity contribution is 7.99. The molecule has 0 saturated heterocycles. The summed E-state index contributed by atoms with van der Waals surface area (Å²) in [6.45, 7) is 0. The first-order valence-electron chi connectivity index (χ1n) is 4.49. The highest BCUT2D eigenvalue weighted by Crippen LogP contribution is 2.27. The van der Waals surface area contributed by atoms with Crippen molar-refractivity contribution in [1.82, 2.24) is 15.0 Å². The SMILES string of the molecule is N=C(N)c1ccncc1Sc1cnccn1. The molecule has 0 unspecified atom stereocenters. The van der Waals surface area contributed by atoms with Crippen LogP contribution in [0.15, 0.2) is 47.0 Å². The molecule has 0 aromatic carbocycles. The highest BCUT2D eigenvalue weighted by Gasteiger charge is 2.07. The lowest BCUT2D eigenvalue weighted by atomic mass is 10.2. The quantitative estimate of drug-likeness (QED) is 0.614. The number of nitrogen functional groups attached to an aromatic ring is 1. The molecular formula is C10H9N5S. The number of nitrogens with one attached hydrogen (secondary N) is 1. The zero-order valence-corrected chi connectivity index (χ0v) is 9.11. The van der Waals surface area contributed by atoms with Crippen LogP contribution in [0.25, 0.3) is 0 Å². The van der Waals surface area contributed by atoms with Crippen molar-refractivity contribution in [1.29, 1.82) is 5.41 Å². The lowest BCUT2D eigenvalue weighted by molar-refractivity contribution is 1.05. The van der Waals surface area contributed by atoms with Crippen molar-refractivity contribution in [2.75, 3.05) is 0 Å². The van der Waals surface area contributed by atoms with Gasteiger partial charge in [0.25, 0.3) is 0 Å². The molecule has 0 aliphatic heterocycles. The van der Waals surface area contributed by atoms with Crippen LogP contribution in [0.3, 0.4) is 0 Å². The molecule has 2 aromatic rings. The van der Waals surface area contributed by atoms with Crippen LogP contribution in [-0.2, 0) is 0 Å². The van der Waals surface area contributed by atoms with E-state index >= 15 is 0 Å². The van der Waals surface area contributed by atoms with Gasteiger partial charge in [0.2, 0.25) is 0 Å². The monoisotopic (exact) mass is 231 g/mol. The summed E-state index contributed by atoms with van der Waals surface area (Å²) in [7, 11) is 0. The summed E-state index contributed by atoms with van der Waals surface area (Å²) in [5.74, 6) is 0.0220. The fraction of sp³-hybridized carbons (Fsp3) is 0. The minimum Gasteiger partial charge on any atom is -0.384 e. The van der Waals surface area contributed by atoms with Crippen molar-refractivity contribution in [2.45, 2.75) is 9.92 Å². The third-order valence-electron chi connectivity index (χ3n) is 1.83. The normalized spacial score (nSPS) is 10.0. The molecule has 3 N–H and O–H groups in total. The molecule has 6 heteroatoms. The Labute approximate surface area is 96.7 Å². The molecule has 2 heterocycles. The van der Waals surface area contributed by atoms with Crippen LogP contribution >= 0.6 is 11.8 Å². The lowest BCUT2D eigenvalue weighted by Gasteiger charge is -2.05. The van der Waals surface area contributed by atoms with Gasteiger partial charge in [-0.25, -0.2) is 4.98 Å². The van der Waals surface area contributed by atoms with Gasteiger partial charge in [0.15, 0.2) is 0 Å². The molecule has 0 atom stereocenters. The molecule has 2 rings (SSSR count). The molecule has 0 aliphatic rings. The smallest absolute Gasteiger partial charge is 0.124 e. The van der Waals surface area contributed by atoms with Gasteiger partial charge in [-0.05, 0) is 6.07 Å². The van der Waals surface area contributed by atoms with Crippen molar-refractivity contribution in [3.63, 3.8) is 0 Å². The van der Waals surface area contributed by atoms with E-state index in [-0.39, 0.29) is 5.84 Å². The van der Waals surface area contributed by atoms with E-state index in [9.17, 15) is 0 Å². The zero-order valence-electron chi connectivity index (χ0n) is 8.29. The molecule has 0 aliphatic carbocycles. The summed E-state index contributed by atoms with van der Waals surface area (Å²) in [5.41, 5.74) is 6.13. The maximum absolute atomic E-state index is 7.44. The van der Waals surface area contributed by atoms with Gasteiger partial charge in [-0.2, -0.15) is 0 Å². The second-order valence-electron chi connectivity index (χ2n) is 2.93. The first-order chi connectivity index (χ1) is 7.77. The Hall–Kier alpha value is -1.95. The van der Waals surface area contributed by atoms with Gasteiger partial charge in [-0.1, -0.05) is 11.8 Å². The average Bonchev–Trinajstić information content (AvgIpc) is 2.31. The number of nitrogens with two attached hydrogens (primary N) is 1. The van der Waals surface area contributed by atoms with Crippen molar-refractivity contribution in [3.8, 4) is 0 Å². The predicted molar refractivity (Wildman–Crippen MR) is 61.4 cm³/mol. The van der Waals surface area contributed by atoms with Crippen molar-refractivity contribution < 1.29 is 0 Å². The largest absolute Gasteiger partial charge is 0.384 e. The van der Waals surface area contributed by atoms with Crippen molar-refractivity contribution >= 4 is 17.6 Å². The van der Waals surface area contributed by atoms with E-state index in [4.69, 9.17) is 11.1 Å². The van der Waals surface area contributed by atoms with Gasteiger partial charge in [0, 0.05) is 35.2 Å². The predicted octanol–water partition coefficient (Wildman–Crippen LogP) is 1.31. The minimum atomic E-state index is 0.0220. The molecule has 0 saturated carbocycles. The summed E-state index contributed by atoms with van der Waals surface area (Å²) >= 11 is 1.39. The fourth-order valence-electron chi connectivity index (χ4n) is 1.13. The van der Waals surface area contributed by atoms with Crippen LogP contribution in [-0.4, -0.2) is 20.8 Å². The van der Waals surface area contributed by atoms with E-state index in [1.54, 1.807) is 37.1 Å². The van der Waals surface area contributed by atoms with Crippen LogP contribution in [0.4, 0.5) is 0 Å². The van der Waals surface area contributed by atoms with Gasteiger partial charge >= 0.3 is 0 Å². The van der Waals surface area contributed by atoms with E-state index in [0.29, 0.717) is 5.56 Å². The van der Waals surface area contributed by atoms with Crippen LogP contribution < -0.4 is 5.73 Å². The summed E-state index contributed by atoms with van der Waals surface area (Å²) in [6, 6.07) is 1.71. The Bertz CT molecular complexity index is 500. The van der Waals surface area contributed by atoms with Crippen LogP contribution in [0.2, 0.25) is 0 Å². The second-order valence-corrected chi connectivity index (χ2v) is 3.99. The summed E-state index contributed by atoms with van der Waals surface area (Å²) in [6.07, 6.45) is 8.15. The molecule has 0 fully saturated rings. The Morgan fingerprint density at radius 1 is 1.19 bits per heavy atom. The van der Waals surface area contributed by atoms with Crippen LogP contribution in [0.1, 0.15) is 5.56 Å². The number of rotatable bonds is 3. The van der Waals surface area contributed by atoms with E-state index in [2.05, 4.69) is 15.0 Å². The molecule has 0 bridgehead atoms.